The Hall–Kier alpha value is -2.35. The van der Waals surface area contributed by atoms with Crippen LogP contribution in [0.4, 0.5) is 0 Å². The van der Waals surface area contributed by atoms with E-state index >= 15 is 0 Å². The molecule has 144 valence electrons. The third-order valence-corrected chi connectivity index (χ3v) is 5.73. The van der Waals surface area contributed by atoms with Gasteiger partial charge in [-0.15, -0.1) is 0 Å². The number of carbonyl (C=O) groups is 3. The highest BCUT2D eigenvalue weighted by Gasteiger charge is 2.45. The van der Waals surface area contributed by atoms with Gasteiger partial charge in [0.05, 0.1) is 18.7 Å². The average Bonchev–Trinajstić information content (AvgIpc) is 2.62. The van der Waals surface area contributed by atoms with E-state index in [2.05, 4.69) is 21.2 Å². The largest absolute Gasteiger partial charge is 0.503 e. The lowest BCUT2D eigenvalue weighted by Crippen LogP contribution is -2.44. The number of nitrogens with one attached hydrogen (secondary N) is 1. The van der Waals surface area contributed by atoms with Gasteiger partial charge in [0.2, 0.25) is 5.91 Å². The smallest absolute Gasteiger partial charge is 0.316 e. The van der Waals surface area contributed by atoms with Gasteiger partial charge in [-0.05, 0) is 46.0 Å². The maximum atomic E-state index is 13.2. The first-order valence-electron chi connectivity index (χ1n) is 8.49. The van der Waals surface area contributed by atoms with Crippen molar-refractivity contribution in [1.82, 2.24) is 5.32 Å². The second-order valence-electron chi connectivity index (χ2n) is 6.80. The van der Waals surface area contributed by atoms with Gasteiger partial charge < -0.3 is 19.9 Å². The van der Waals surface area contributed by atoms with Crippen molar-refractivity contribution in [3.05, 3.63) is 33.4 Å². The van der Waals surface area contributed by atoms with Crippen LogP contribution in [0.2, 0.25) is 0 Å². The summed E-state index contributed by atoms with van der Waals surface area (Å²) in [6.07, 6.45) is 0.465. The van der Waals surface area contributed by atoms with E-state index in [-0.39, 0.29) is 35.5 Å². The first-order valence-corrected chi connectivity index (χ1v) is 9.29. The standard InChI is InChI=1S/C19H20BrNO6/c1-8-4-12-16(18(24)15(8)19(25)27-3)10(7-14(22)21-12)9-5-11(20)17(23)13(6-9)26-2/h5-6,8,10,15,23H,4,7H2,1-3H3,(H,21,22)/t8-,10-,15+/m0/s1. The number of ether oxygens (including phenoxy) is 2. The van der Waals surface area contributed by atoms with E-state index in [0.717, 1.165) is 0 Å². The van der Waals surface area contributed by atoms with E-state index in [9.17, 15) is 19.5 Å². The van der Waals surface area contributed by atoms with Gasteiger partial charge in [-0.25, -0.2) is 0 Å². The molecule has 3 rings (SSSR count). The van der Waals surface area contributed by atoms with Crippen molar-refractivity contribution in [3.63, 3.8) is 0 Å². The monoisotopic (exact) mass is 437 g/mol. The number of Topliss-reactive ketones (excluding diaryl/α,β-unsaturated/α-hetero) is 1. The van der Waals surface area contributed by atoms with Crippen LogP contribution in [0.25, 0.3) is 0 Å². The lowest BCUT2D eigenvalue weighted by atomic mass is 9.70. The summed E-state index contributed by atoms with van der Waals surface area (Å²) in [5.41, 5.74) is 1.62. The highest BCUT2D eigenvalue weighted by atomic mass is 79.9. The van der Waals surface area contributed by atoms with Gasteiger partial charge in [0, 0.05) is 23.6 Å². The summed E-state index contributed by atoms with van der Waals surface area (Å²) in [5, 5.41) is 12.8. The molecule has 1 heterocycles. The molecule has 1 amide bonds. The maximum Gasteiger partial charge on any atom is 0.316 e. The number of allylic oxidation sites excluding steroid dienone is 2. The van der Waals surface area contributed by atoms with Crippen molar-refractivity contribution in [3.8, 4) is 11.5 Å². The Balaban J connectivity index is 2.12. The lowest BCUT2D eigenvalue weighted by molar-refractivity contribution is -0.151. The van der Waals surface area contributed by atoms with Crippen molar-refractivity contribution in [2.24, 2.45) is 11.8 Å². The highest BCUT2D eigenvalue weighted by Crippen LogP contribution is 2.45. The van der Waals surface area contributed by atoms with Crippen LogP contribution < -0.4 is 10.1 Å². The van der Waals surface area contributed by atoms with E-state index in [1.807, 2.05) is 0 Å². The molecule has 0 saturated heterocycles. The summed E-state index contributed by atoms with van der Waals surface area (Å²) >= 11 is 3.27. The van der Waals surface area contributed by atoms with Crippen molar-refractivity contribution < 1.29 is 29.0 Å². The molecule has 0 fully saturated rings. The lowest BCUT2D eigenvalue weighted by Gasteiger charge is -2.36. The molecule has 1 aliphatic heterocycles. The van der Waals surface area contributed by atoms with Crippen LogP contribution in [0.15, 0.2) is 27.9 Å². The van der Waals surface area contributed by atoms with Gasteiger partial charge in [0.1, 0.15) is 5.92 Å². The second-order valence-corrected chi connectivity index (χ2v) is 7.65. The van der Waals surface area contributed by atoms with Crippen LogP contribution in [0, 0.1) is 11.8 Å². The third kappa shape index (κ3) is 3.34. The number of phenolic OH excluding ortho intramolecular Hbond substituents is 1. The Morgan fingerprint density at radius 3 is 2.59 bits per heavy atom. The van der Waals surface area contributed by atoms with Crippen LogP contribution in [0.1, 0.15) is 31.2 Å². The summed E-state index contributed by atoms with van der Waals surface area (Å²) in [6.45, 7) is 1.79. The minimum absolute atomic E-state index is 0.0627. The van der Waals surface area contributed by atoms with Crippen molar-refractivity contribution in [2.75, 3.05) is 14.2 Å². The topological polar surface area (TPSA) is 102 Å². The molecule has 1 aromatic carbocycles. The van der Waals surface area contributed by atoms with Crippen LogP contribution in [-0.2, 0) is 19.1 Å². The molecule has 27 heavy (non-hydrogen) atoms. The van der Waals surface area contributed by atoms with E-state index < -0.39 is 17.8 Å². The number of halogens is 1. The van der Waals surface area contributed by atoms with Crippen LogP contribution in [-0.4, -0.2) is 37.0 Å². The summed E-state index contributed by atoms with van der Waals surface area (Å²) in [5.74, 6) is -2.63. The maximum absolute atomic E-state index is 13.2. The number of ketones is 1. The number of aromatic hydroxyl groups is 1. The molecule has 0 unspecified atom stereocenters. The van der Waals surface area contributed by atoms with Crippen LogP contribution >= 0.6 is 15.9 Å². The van der Waals surface area contributed by atoms with Crippen molar-refractivity contribution in [2.45, 2.75) is 25.7 Å². The number of hydrogen-bond acceptors (Lipinski definition) is 6. The predicted molar refractivity (Wildman–Crippen MR) is 99.2 cm³/mol. The number of methoxy groups -OCH3 is 2. The van der Waals surface area contributed by atoms with E-state index in [1.165, 1.54) is 14.2 Å². The Bertz CT molecular complexity index is 862. The molecule has 3 atom stereocenters. The predicted octanol–water partition coefficient (Wildman–Crippen LogP) is 2.42. The van der Waals surface area contributed by atoms with Crippen molar-refractivity contribution in [1.29, 1.82) is 0 Å². The average molecular weight is 438 g/mol. The number of benzene rings is 1. The molecular formula is C19H20BrNO6. The van der Waals surface area contributed by atoms with Crippen molar-refractivity contribution >= 4 is 33.6 Å². The fourth-order valence-electron chi connectivity index (χ4n) is 3.83. The number of esters is 1. The molecule has 7 nitrogen and oxygen atoms in total. The molecule has 8 heteroatoms. The van der Waals surface area contributed by atoms with E-state index in [4.69, 9.17) is 9.47 Å². The molecule has 0 aromatic heterocycles. The summed E-state index contributed by atoms with van der Waals surface area (Å²) in [4.78, 5) is 37.6. The van der Waals surface area contributed by atoms with Gasteiger partial charge in [-0.1, -0.05) is 6.92 Å². The number of phenols is 1. The summed E-state index contributed by atoms with van der Waals surface area (Å²) < 4.78 is 10.4. The SMILES string of the molecule is COC(=O)[C@H]1C(=O)C2=C(C[C@@H]1C)NC(=O)C[C@H]2c1cc(Br)c(O)c(OC)c1. The number of amides is 1. The van der Waals surface area contributed by atoms with Gasteiger partial charge >= 0.3 is 5.97 Å². The molecule has 0 spiro atoms. The first-order chi connectivity index (χ1) is 12.8. The Labute approximate surface area is 164 Å². The van der Waals surface area contributed by atoms with Crippen LogP contribution in [0.3, 0.4) is 0 Å². The minimum Gasteiger partial charge on any atom is -0.503 e. The summed E-state index contributed by atoms with van der Waals surface area (Å²) in [6, 6.07) is 3.26. The van der Waals surface area contributed by atoms with E-state index in [1.54, 1.807) is 19.1 Å². The first kappa shape index (κ1) is 19.4. The van der Waals surface area contributed by atoms with Gasteiger partial charge in [-0.3, -0.25) is 14.4 Å². The van der Waals surface area contributed by atoms with Gasteiger partial charge in [-0.2, -0.15) is 0 Å². The zero-order valence-electron chi connectivity index (χ0n) is 15.2. The molecular weight excluding hydrogens is 418 g/mol. The van der Waals surface area contributed by atoms with Gasteiger partial charge in [0.25, 0.3) is 0 Å². The molecule has 0 radical (unpaired) electrons. The molecule has 2 N–H and O–H groups in total. The van der Waals surface area contributed by atoms with Gasteiger partial charge in [0.15, 0.2) is 17.3 Å². The molecule has 0 bridgehead atoms. The Morgan fingerprint density at radius 1 is 1.26 bits per heavy atom. The Morgan fingerprint density at radius 2 is 1.96 bits per heavy atom. The Kier molecular flexibility index (Phi) is 5.28. The number of carbonyl (C=O) groups excluding carboxylic acids is 3. The third-order valence-electron chi connectivity index (χ3n) is 5.12. The molecule has 2 aliphatic rings. The molecule has 1 aromatic rings. The molecule has 0 saturated carbocycles. The fraction of sp³-hybridized carbons (Fsp3) is 0.421. The zero-order chi connectivity index (χ0) is 19.9. The highest BCUT2D eigenvalue weighted by molar-refractivity contribution is 9.10. The number of rotatable bonds is 3. The van der Waals surface area contributed by atoms with Crippen LogP contribution in [0.5, 0.6) is 11.5 Å². The number of hydrogen-bond donors (Lipinski definition) is 2. The zero-order valence-corrected chi connectivity index (χ0v) is 16.8. The van der Waals surface area contributed by atoms with E-state index in [0.29, 0.717) is 27.7 Å². The normalized spacial score (nSPS) is 25.0. The summed E-state index contributed by atoms with van der Waals surface area (Å²) in [7, 11) is 2.68. The molecule has 1 aliphatic carbocycles. The quantitative estimate of drug-likeness (QED) is 0.555. The second kappa shape index (κ2) is 7.34. The fourth-order valence-corrected chi connectivity index (χ4v) is 4.29. The minimum atomic E-state index is -0.895.